The van der Waals surface area contributed by atoms with Gasteiger partial charge in [0, 0.05) is 12.4 Å². The number of rotatable bonds is 21. The number of likely N-dealkylation sites (N-methyl/N-ethyl adjacent to an activating group) is 1. The summed E-state index contributed by atoms with van der Waals surface area (Å²) in [5.74, 6) is -2.14. The van der Waals surface area contributed by atoms with E-state index in [1.807, 2.05) is 0 Å². The minimum absolute atomic E-state index is 0.189. The average molecular weight is 447 g/mol. The van der Waals surface area contributed by atoms with Crippen LogP contribution in [0.15, 0.2) is 0 Å². The van der Waals surface area contributed by atoms with Crippen LogP contribution in [0.4, 0.5) is 0 Å². The molecule has 0 heterocycles. The highest BCUT2D eigenvalue weighted by atomic mass is 16.5. The van der Waals surface area contributed by atoms with Crippen LogP contribution in [0.1, 0.15) is 114 Å². The maximum Gasteiger partial charge on any atom is 0.308 e. The van der Waals surface area contributed by atoms with Gasteiger partial charge in [-0.2, -0.15) is 0 Å². The van der Waals surface area contributed by atoms with E-state index in [-0.39, 0.29) is 13.0 Å². The lowest BCUT2D eigenvalue weighted by molar-refractivity contribution is -0.873. The lowest BCUT2D eigenvalue weighted by Crippen LogP contribution is -2.45. The molecule has 2 atom stereocenters. The number of carbonyl (C=O) groups is 2. The molecule has 0 bridgehead atoms. The molecule has 184 valence electrons. The second-order valence-electron chi connectivity index (χ2n) is 9.44. The van der Waals surface area contributed by atoms with Gasteiger partial charge in [-0.1, -0.05) is 90.4 Å². The Labute approximate surface area is 195 Å². The Hall–Kier alpha value is -1.14. The second kappa shape index (κ2) is 18.4. The number of hydrogen-bond donors (Lipinski definition) is 1. The van der Waals surface area contributed by atoms with Crippen LogP contribution in [0.3, 0.4) is 0 Å². The van der Waals surface area contributed by atoms with Crippen LogP contribution in [-0.4, -0.2) is 61.4 Å². The molecule has 0 saturated heterocycles. The molecule has 0 aromatic rings. The van der Waals surface area contributed by atoms with Crippen molar-refractivity contribution < 1.29 is 33.1 Å². The number of aliphatic hydroxyl groups is 1. The maximum atomic E-state index is 12.2. The van der Waals surface area contributed by atoms with Crippen molar-refractivity contribution in [1.82, 2.24) is 0 Å². The predicted molar refractivity (Wildman–Crippen MR) is 123 cm³/mol. The number of nitrogens with zero attached hydrogens (tertiary/aromatic N) is 1. The number of carbonyl (C=O) groups excluding carboxylic acids is 2. The quantitative estimate of drug-likeness (QED) is 0.164. The van der Waals surface area contributed by atoms with E-state index in [0.717, 1.165) is 19.3 Å². The zero-order chi connectivity index (χ0) is 26.0. The fourth-order valence-electron chi connectivity index (χ4n) is 3.76. The molecule has 0 fully saturated rings. The molecule has 0 aromatic heterocycles. The monoisotopic (exact) mass is 446 g/mol. The van der Waals surface area contributed by atoms with Crippen LogP contribution in [0.25, 0.3) is 0 Å². The van der Waals surface area contributed by atoms with Crippen LogP contribution < -0.4 is 5.11 Å². The summed E-state index contributed by atoms with van der Waals surface area (Å²) in [4.78, 5) is 23.2. The van der Waals surface area contributed by atoms with Crippen molar-refractivity contribution in [2.24, 2.45) is 0 Å². The molecule has 0 spiro atoms. The van der Waals surface area contributed by atoms with Crippen molar-refractivity contribution >= 4 is 11.9 Å². The van der Waals surface area contributed by atoms with Crippen LogP contribution in [0.2, 0.25) is 0 Å². The van der Waals surface area contributed by atoms with Gasteiger partial charge in [-0.3, -0.25) is 4.79 Å². The molecular formula is C25H49NO5. The fraction of sp³-hybridized carbons (Fsp3) is 0.920. The number of aliphatic carboxylic acids is 1. The molecule has 1 unspecified atom stereocenters. The van der Waals surface area contributed by atoms with E-state index in [0.29, 0.717) is 6.42 Å². The topological polar surface area (TPSA) is 86.7 Å². The Balaban J connectivity index is 4.00. The maximum absolute atomic E-state index is 12.2. The van der Waals surface area contributed by atoms with Gasteiger partial charge in [0.05, 0.1) is 37.7 Å². The van der Waals surface area contributed by atoms with Crippen LogP contribution in [0.5, 0.6) is 0 Å². The van der Waals surface area contributed by atoms with Crippen molar-refractivity contribution in [3.63, 3.8) is 0 Å². The standard InChI is InChI=1S/C25H49NO5/c1-5-6-7-8-9-10-11-12-13-14-15-16-17-18-22(27)19-25(30)31-23(20-24(28)29)21-26(2,3)4/h22-23,27H,5-21H2,1-4H3/t22?,23-/m1/s1/i2D3. The van der Waals surface area contributed by atoms with Crippen molar-refractivity contribution in [2.75, 3.05) is 27.6 Å². The van der Waals surface area contributed by atoms with E-state index in [4.69, 9.17) is 8.85 Å². The third-order valence-corrected chi connectivity index (χ3v) is 5.40. The first-order valence-corrected chi connectivity index (χ1v) is 12.3. The molecule has 6 heteroatoms. The van der Waals surface area contributed by atoms with Gasteiger partial charge in [0.1, 0.15) is 6.54 Å². The zero-order valence-electron chi connectivity index (χ0n) is 23.2. The fourth-order valence-corrected chi connectivity index (χ4v) is 3.76. The average Bonchev–Trinajstić information content (AvgIpc) is 2.69. The van der Waals surface area contributed by atoms with E-state index in [2.05, 4.69) is 6.92 Å². The molecular weight excluding hydrogens is 394 g/mol. The van der Waals surface area contributed by atoms with E-state index in [9.17, 15) is 19.8 Å². The van der Waals surface area contributed by atoms with Gasteiger partial charge in [0.15, 0.2) is 6.10 Å². The van der Waals surface area contributed by atoms with E-state index >= 15 is 0 Å². The second-order valence-corrected chi connectivity index (χ2v) is 9.44. The third kappa shape index (κ3) is 21.9. The van der Waals surface area contributed by atoms with Crippen molar-refractivity contribution in [3.05, 3.63) is 0 Å². The van der Waals surface area contributed by atoms with Crippen molar-refractivity contribution in [2.45, 2.75) is 122 Å². The molecule has 0 aliphatic carbocycles. The summed E-state index contributed by atoms with van der Waals surface area (Å²) in [5.41, 5.74) is 0. The zero-order valence-corrected chi connectivity index (χ0v) is 20.2. The molecule has 0 rings (SSSR count). The lowest BCUT2D eigenvalue weighted by Gasteiger charge is -2.29. The van der Waals surface area contributed by atoms with Gasteiger partial charge in [0.2, 0.25) is 0 Å². The first-order valence-electron chi connectivity index (χ1n) is 13.8. The van der Waals surface area contributed by atoms with Crippen LogP contribution in [-0.2, 0) is 14.3 Å². The summed E-state index contributed by atoms with van der Waals surface area (Å²) in [6, 6.07) is 0. The molecule has 0 saturated carbocycles. The van der Waals surface area contributed by atoms with E-state index < -0.39 is 42.0 Å². The Morgan fingerprint density at radius 2 is 1.39 bits per heavy atom. The van der Waals surface area contributed by atoms with Gasteiger partial charge >= 0.3 is 5.97 Å². The third-order valence-electron chi connectivity index (χ3n) is 5.40. The Kier molecular flexibility index (Phi) is 14.6. The smallest absolute Gasteiger partial charge is 0.308 e. The Bertz CT molecular complexity index is 555. The minimum atomic E-state index is -2.38. The minimum Gasteiger partial charge on any atom is -0.550 e. The predicted octanol–water partition coefficient (Wildman–Crippen LogP) is 3.98. The first kappa shape index (κ1) is 24.5. The largest absolute Gasteiger partial charge is 0.550 e. The molecule has 6 nitrogen and oxygen atoms in total. The summed E-state index contributed by atoms with van der Waals surface area (Å²) in [6.45, 7) is -0.338. The number of carboxylic acids is 1. The number of carboxylic acid groups (broad SMARTS) is 1. The normalized spacial score (nSPS) is 15.5. The SMILES string of the molecule is [2H]C([2H])([2H])[N+](C)(C)C[C@@H](CC(=O)[O-])OC(=O)CC(O)CCCCCCCCCCCCCCC. The molecule has 0 aliphatic rings. The molecule has 0 amide bonds. The Morgan fingerprint density at radius 3 is 1.84 bits per heavy atom. The number of hydrogen-bond acceptors (Lipinski definition) is 5. The number of unbranched alkanes of at least 4 members (excludes halogenated alkanes) is 12. The van der Waals surface area contributed by atoms with Gasteiger partial charge < -0.3 is 24.2 Å². The van der Waals surface area contributed by atoms with Crippen molar-refractivity contribution in [1.29, 1.82) is 0 Å². The summed E-state index contributed by atoms with van der Waals surface area (Å²) < 4.78 is 27.4. The highest BCUT2D eigenvalue weighted by molar-refractivity contribution is 5.71. The Morgan fingerprint density at radius 1 is 0.903 bits per heavy atom. The number of quaternary nitrogens is 1. The number of aliphatic hydroxyl groups excluding tert-OH is 1. The van der Waals surface area contributed by atoms with E-state index in [1.165, 1.54) is 78.3 Å². The van der Waals surface area contributed by atoms with Gasteiger partial charge in [0.25, 0.3) is 0 Å². The molecule has 0 aliphatic heterocycles. The number of esters is 1. The molecule has 0 aromatic carbocycles. The summed E-state index contributed by atoms with van der Waals surface area (Å²) >= 11 is 0. The highest BCUT2D eigenvalue weighted by Crippen LogP contribution is 2.14. The lowest BCUT2D eigenvalue weighted by atomic mass is 10.0. The van der Waals surface area contributed by atoms with Gasteiger partial charge in [-0.15, -0.1) is 0 Å². The first-order chi connectivity index (χ1) is 15.9. The van der Waals surface area contributed by atoms with Crippen LogP contribution in [0, 0.1) is 0 Å². The van der Waals surface area contributed by atoms with Gasteiger partial charge in [-0.05, 0) is 6.42 Å². The highest BCUT2D eigenvalue weighted by Gasteiger charge is 2.23. The summed E-state index contributed by atoms with van der Waals surface area (Å²) in [6.07, 6.45) is 13.7. The molecule has 31 heavy (non-hydrogen) atoms. The molecule has 0 radical (unpaired) electrons. The number of ether oxygens (including phenoxy) is 1. The summed E-state index contributed by atoms with van der Waals surface area (Å²) in [7, 11) is 2.85. The van der Waals surface area contributed by atoms with Crippen LogP contribution >= 0.6 is 0 Å². The van der Waals surface area contributed by atoms with Crippen molar-refractivity contribution in [3.8, 4) is 0 Å². The molecule has 1 N–H and O–H groups in total. The summed E-state index contributed by atoms with van der Waals surface area (Å²) in [5, 5.41) is 21.1. The van der Waals surface area contributed by atoms with E-state index in [1.54, 1.807) is 0 Å². The van der Waals surface area contributed by atoms with Gasteiger partial charge in [-0.25, -0.2) is 0 Å².